The Bertz CT molecular complexity index is 489. The molecule has 3 atom stereocenters. The maximum absolute atomic E-state index is 12.0. The Kier molecular flexibility index (Phi) is 3.92. The Morgan fingerprint density at radius 3 is 2.85 bits per heavy atom. The predicted octanol–water partition coefficient (Wildman–Crippen LogP) is 1.83. The first kappa shape index (κ1) is 13.4. The summed E-state index contributed by atoms with van der Waals surface area (Å²) in [7, 11) is 0. The molecule has 0 saturated heterocycles. The molecule has 3 rings (SSSR count). The molecule has 4 nitrogen and oxygen atoms in total. The number of hydrogen-bond acceptors (Lipinski definition) is 3. The third-order valence-corrected chi connectivity index (χ3v) is 4.64. The summed E-state index contributed by atoms with van der Waals surface area (Å²) in [6, 6.07) is 7.96. The molecule has 2 bridgehead atoms. The van der Waals surface area contributed by atoms with Crippen molar-refractivity contribution < 1.29 is 9.53 Å². The molecule has 0 heterocycles. The molecule has 20 heavy (non-hydrogen) atoms. The van der Waals surface area contributed by atoms with Crippen molar-refractivity contribution in [3.8, 4) is 5.75 Å². The van der Waals surface area contributed by atoms with Crippen LogP contribution in [0.1, 0.15) is 31.2 Å². The van der Waals surface area contributed by atoms with Gasteiger partial charge in [-0.25, -0.2) is 0 Å². The van der Waals surface area contributed by atoms with Crippen molar-refractivity contribution in [2.45, 2.75) is 38.3 Å². The number of benzene rings is 1. The molecule has 2 saturated carbocycles. The van der Waals surface area contributed by atoms with Crippen molar-refractivity contribution in [2.24, 2.45) is 17.6 Å². The highest BCUT2D eigenvalue weighted by Gasteiger charge is 2.40. The third kappa shape index (κ3) is 2.80. The molecular formula is C16H22N2O2. The van der Waals surface area contributed by atoms with E-state index in [0.29, 0.717) is 24.3 Å². The second kappa shape index (κ2) is 5.83. The minimum atomic E-state index is -0.0191. The van der Waals surface area contributed by atoms with Crippen LogP contribution < -0.4 is 15.8 Å². The van der Waals surface area contributed by atoms with E-state index < -0.39 is 0 Å². The van der Waals surface area contributed by atoms with E-state index in [9.17, 15) is 4.79 Å². The summed E-state index contributed by atoms with van der Waals surface area (Å²) >= 11 is 0. The van der Waals surface area contributed by atoms with Crippen molar-refractivity contribution in [1.29, 1.82) is 0 Å². The molecule has 0 aliphatic heterocycles. The Hall–Kier alpha value is -1.55. The van der Waals surface area contributed by atoms with E-state index in [0.717, 1.165) is 17.9 Å². The molecule has 3 N–H and O–H groups in total. The van der Waals surface area contributed by atoms with Gasteiger partial charge in [-0.1, -0.05) is 24.6 Å². The fraction of sp³-hybridized carbons (Fsp3) is 0.562. The molecule has 2 fully saturated rings. The van der Waals surface area contributed by atoms with E-state index in [-0.39, 0.29) is 12.5 Å². The first-order valence-corrected chi connectivity index (χ1v) is 7.46. The van der Waals surface area contributed by atoms with Gasteiger partial charge in [-0.2, -0.15) is 0 Å². The highest BCUT2D eigenvalue weighted by atomic mass is 16.5. The summed E-state index contributed by atoms with van der Waals surface area (Å²) in [5.74, 6) is 2.22. The monoisotopic (exact) mass is 274 g/mol. The normalized spacial score (nSPS) is 27.6. The second-order valence-corrected chi connectivity index (χ2v) is 5.95. The molecule has 2 aliphatic carbocycles. The lowest BCUT2D eigenvalue weighted by atomic mass is 9.95. The molecular weight excluding hydrogens is 252 g/mol. The van der Waals surface area contributed by atoms with E-state index in [1.54, 1.807) is 0 Å². The molecule has 108 valence electrons. The van der Waals surface area contributed by atoms with Crippen molar-refractivity contribution in [2.75, 3.05) is 6.61 Å². The topological polar surface area (TPSA) is 64.3 Å². The van der Waals surface area contributed by atoms with Crippen LogP contribution >= 0.6 is 0 Å². The van der Waals surface area contributed by atoms with E-state index in [4.69, 9.17) is 10.5 Å². The molecule has 3 unspecified atom stereocenters. The van der Waals surface area contributed by atoms with E-state index >= 15 is 0 Å². The standard InChI is InChI=1S/C16H22N2O2/c17-9-13-3-1-2-4-15(13)20-10-16(19)18-14-8-11-5-6-12(14)7-11/h1-4,11-12,14H,5-10,17H2,(H,18,19). The number of rotatable bonds is 5. The Balaban J connectivity index is 1.50. The predicted molar refractivity (Wildman–Crippen MR) is 77.2 cm³/mol. The SMILES string of the molecule is NCc1ccccc1OCC(=O)NC1CC2CCC1C2. The maximum Gasteiger partial charge on any atom is 0.258 e. The van der Waals surface area contributed by atoms with Gasteiger partial charge in [0.2, 0.25) is 0 Å². The van der Waals surface area contributed by atoms with Crippen molar-refractivity contribution in [3.63, 3.8) is 0 Å². The quantitative estimate of drug-likeness (QED) is 0.861. The van der Waals surface area contributed by atoms with Crippen LogP contribution in [-0.4, -0.2) is 18.6 Å². The zero-order chi connectivity index (χ0) is 13.9. The Labute approximate surface area is 119 Å². The fourth-order valence-electron chi connectivity index (χ4n) is 3.63. The van der Waals surface area contributed by atoms with E-state index in [1.165, 1.54) is 19.3 Å². The summed E-state index contributed by atoms with van der Waals surface area (Å²) in [6.07, 6.45) is 5.06. The number of nitrogens with two attached hydrogens (primary N) is 1. The summed E-state index contributed by atoms with van der Waals surface area (Å²) in [4.78, 5) is 12.0. The number of fused-ring (bicyclic) bond motifs is 2. The molecule has 1 amide bonds. The Morgan fingerprint density at radius 1 is 1.30 bits per heavy atom. The molecule has 4 heteroatoms. The van der Waals surface area contributed by atoms with Gasteiger partial charge >= 0.3 is 0 Å². The molecule has 0 radical (unpaired) electrons. The minimum Gasteiger partial charge on any atom is -0.483 e. The van der Waals surface area contributed by atoms with Crippen LogP contribution in [0, 0.1) is 11.8 Å². The zero-order valence-electron chi connectivity index (χ0n) is 11.7. The lowest BCUT2D eigenvalue weighted by molar-refractivity contribution is -0.124. The molecule has 1 aromatic rings. The van der Waals surface area contributed by atoms with Gasteiger partial charge in [0.25, 0.3) is 5.91 Å². The van der Waals surface area contributed by atoms with Gasteiger partial charge < -0.3 is 15.8 Å². The summed E-state index contributed by atoms with van der Waals surface area (Å²) in [6.45, 7) is 0.495. The van der Waals surface area contributed by atoms with E-state index in [2.05, 4.69) is 5.32 Å². The third-order valence-electron chi connectivity index (χ3n) is 4.64. The Morgan fingerprint density at radius 2 is 2.15 bits per heavy atom. The van der Waals surface area contributed by atoms with Gasteiger partial charge in [0.1, 0.15) is 5.75 Å². The average molecular weight is 274 g/mol. The van der Waals surface area contributed by atoms with Gasteiger partial charge in [-0.05, 0) is 37.2 Å². The lowest BCUT2D eigenvalue weighted by Gasteiger charge is -2.23. The maximum atomic E-state index is 12.0. The fourth-order valence-corrected chi connectivity index (χ4v) is 3.63. The van der Waals surface area contributed by atoms with Gasteiger partial charge in [0.15, 0.2) is 6.61 Å². The number of para-hydroxylation sites is 1. The van der Waals surface area contributed by atoms with Crippen LogP contribution in [0.4, 0.5) is 0 Å². The summed E-state index contributed by atoms with van der Waals surface area (Å²) in [5.41, 5.74) is 6.58. The lowest BCUT2D eigenvalue weighted by Crippen LogP contribution is -2.40. The molecule has 2 aliphatic rings. The number of amides is 1. The molecule has 0 spiro atoms. The first-order valence-electron chi connectivity index (χ1n) is 7.46. The smallest absolute Gasteiger partial charge is 0.258 e. The molecule has 0 aromatic heterocycles. The minimum absolute atomic E-state index is 0.0191. The van der Waals surface area contributed by atoms with Crippen molar-refractivity contribution in [1.82, 2.24) is 5.32 Å². The largest absolute Gasteiger partial charge is 0.483 e. The van der Waals surface area contributed by atoms with Crippen LogP contribution in [-0.2, 0) is 11.3 Å². The van der Waals surface area contributed by atoms with Crippen LogP contribution in [0.5, 0.6) is 5.75 Å². The van der Waals surface area contributed by atoms with E-state index in [1.807, 2.05) is 24.3 Å². The van der Waals surface area contributed by atoms with Crippen LogP contribution in [0.15, 0.2) is 24.3 Å². The van der Waals surface area contributed by atoms with Crippen LogP contribution in [0.25, 0.3) is 0 Å². The number of nitrogens with one attached hydrogen (secondary N) is 1. The van der Waals surface area contributed by atoms with Gasteiger partial charge in [-0.15, -0.1) is 0 Å². The average Bonchev–Trinajstić information content (AvgIpc) is 3.08. The van der Waals surface area contributed by atoms with Crippen LogP contribution in [0.3, 0.4) is 0 Å². The summed E-state index contributed by atoms with van der Waals surface area (Å²) < 4.78 is 5.59. The van der Waals surface area contributed by atoms with Crippen molar-refractivity contribution in [3.05, 3.63) is 29.8 Å². The highest BCUT2D eigenvalue weighted by Crippen LogP contribution is 2.44. The van der Waals surface area contributed by atoms with Gasteiger partial charge in [0.05, 0.1) is 0 Å². The number of ether oxygens (including phenoxy) is 1. The number of carbonyl (C=O) groups is 1. The summed E-state index contributed by atoms with van der Waals surface area (Å²) in [5, 5.41) is 3.12. The number of carbonyl (C=O) groups excluding carboxylic acids is 1. The van der Waals surface area contributed by atoms with Gasteiger partial charge in [-0.3, -0.25) is 4.79 Å². The first-order chi connectivity index (χ1) is 9.76. The number of hydrogen-bond donors (Lipinski definition) is 2. The van der Waals surface area contributed by atoms with Crippen LogP contribution in [0.2, 0.25) is 0 Å². The highest BCUT2D eigenvalue weighted by molar-refractivity contribution is 5.78. The molecule has 1 aromatic carbocycles. The van der Waals surface area contributed by atoms with Crippen molar-refractivity contribution >= 4 is 5.91 Å². The zero-order valence-corrected chi connectivity index (χ0v) is 11.7. The van der Waals surface area contributed by atoms with Gasteiger partial charge in [0, 0.05) is 18.2 Å². The second-order valence-electron chi connectivity index (χ2n) is 5.95.